The Labute approximate surface area is 277 Å². The Hall–Kier alpha value is -3.36. The minimum Gasteiger partial charge on any atom is -0.382 e. The third-order valence-corrected chi connectivity index (χ3v) is 17.2. The van der Waals surface area contributed by atoms with Gasteiger partial charge in [0.2, 0.25) is 0 Å². The van der Waals surface area contributed by atoms with Crippen LogP contribution in [-0.2, 0) is 13.6 Å². The predicted molar refractivity (Wildman–Crippen MR) is 185 cm³/mol. The summed E-state index contributed by atoms with van der Waals surface area (Å²) in [6, 6.07) is 36.6. The highest BCUT2D eigenvalue weighted by Gasteiger charge is 2.65. The Morgan fingerprint density at radius 2 is 1.00 bits per heavy atom. The monoisotopic (exact) mass is 678 g/mol. The highest BCUT2D eigenvalue weighted by molar-refractivity contribution is 6.98. The number of benzene rings is 4. The second kappa shape index (κ2) is 16.2. The molecule has 0 bridgehead atoms. The maximum atomic E-state index is 15.9. The molecular formula is C37H44F2O6Si2. The van der Waals surface area contributed by atoms with Crippen molar-refractivity contribution in [1.82, 2.24) is 0 Å². The van der Waals surface area contributed by atoms with E-state index in [0.717, 1.165) is 16.8 Å². The van der Waals surface area contributed by atoms with E-state index in [4.69, 9.17) is 8.85 Å². The molecule has 47 heavy (non-hydrogen) atoms. The van der Waals surface area contributed by atoms with Crippen LogP contribution in [0.25, 0.3) is 0 Å². The molecule has 0 spiro atoms. The zero-order valence-electron chi connectivity index (χ0n) is 26.8. The topological polar surface area (TPSA) is 96.2 Å². The molecule has 0 fully saturated rings. The number of alkyl halides is 2. The fourth-order valence-corrected chi connectivity index (χ4v) is 14.6. The molecule has 0 amide bonds. The van der Waals surface area contributed by atoms with E-state index >= 15 is 8.78 Å². The number of halogens is 2. The van der Waals surface area contributed by atoms with Crippen molar-refractivity contribution in [1.29, 1.82) is 0 Å². The number of unbranched alkanes of at least 4 members (excludes halogenated alkanes) is 2. The summed E-state index contributed by atoms with van der Waals surface area (Å²) in [5, 5.41) is 38.0. The number of aliphatic hydroxyl groups excluding tert-OH is 2. The lowest BCUT2D eigenvalue weighted by Gasteiger charge is -2.46. The van der Waals surface area contributed by atoms with Crippen LogP contribution in [0, 0.1) is 0 Å². The van der Waals surface area contributed by atoms with Crippen molar-refractivity contribution < 1.29 is 37.7 Å². The van der Waals surface area contributed by atoms with Crippen molar-refractivity contribution >= 4 is 43.7 Å². The normalized spacial score (nSPS) is 15.0. The summed E-state index contributed by atoms with van der Waals surface area (Å²) in [4.78, 5) is 12.0. The van der Waals surface area contributed by atoms with Gasteiger partial charge < -0.3 is 24.2 Å². The first kappa shape index (κ1) is 36.5. The van der Waals surface area contributed by atoms with Crippen LogP contribution in [-0.4, -0.2) is 62.3 Å². The molecule has 6 nitrogen and oxygen atoms in total. The van der Waals surface area contributed by atoms with E-state index in [0.29, 0.717) is 35.7 Å². The van der Waals surface area contributed by atoms with E-state index in [1.54, 1.807) is 60.7 Å². The SMILES string of the molecule is CCCC[Si](OC(O)[C@@H](O)[C@](O)(O[Si](CCCC)(c1ccccc1)c1ccccc1)C(F)(F)C=O)(c1ccccc1)c1ccccc1. The lowest BCUT2D eigenvalue weighted by atomic mass is 10.0. The van der Waals surface area contributed by atoms with Gasteiger partial charge in [0.25, 0.3) is 22.4 Å². The third-order valence-electron chi connectivity index (χ3n) is 8.67. The van der Waals surface area contributed by atoms with Crippen molar-refractivity contribution in [3.05, 3.63) is 121 Å². The fraction of sp³-hybridized carbons (Fsp3) is 0.324. The first-order chi connectivity index (χ1) is 22.6. The van der Waals surface area contributed by atoms with E-state index in [2.05, 4.69) is 0 Å². The lowest BCUT2D eigenvalue weighted by molar-refractivity contribution is -0.332. The average molecular weight is 679 g/mol. The molecule has 3 N–H and O–H groups in total. The smallest absolute Gasteiger partial charge is 0.356 e. The van der Waals surface area contributed by atoms with Gasteiger partial charge in [-0.15, -0.1) is 0 Å². The summed E-state index contributed by atoms with van der Waals surface area (Å²) in [5.41, 5.74) is 0. The number of carbonyl (C=O) groups excluding carboxylic acids is 1. The van der Waals surface area contributed by atoms with E-state index in [1.165, 1.54) is 0 Å². The zero-order chi connectivity index (χ0) is 34.0. The van der Waals surface area contributed by atoms with Crippen LogP contribution < -0.4 is 20.7 Å². The Morgan fingerprint density at radius 3 is 1.34 bits per heavy atom. The maximum absolute atomic E-state index is 15.9. The van der Waals surface area contributed by atoms with Gasteiger partial charge in [-0.05, 0) is 32.8 Å². The number of carbonyl (C=O) groups is 1. The molecule has 0 aliphatic rings. The molecule has 0 aliphatic carbocycles. The van der Waals surface area contributed by atoms with Gasteiger partial charge in [-0.3, -0.25) is 4.79 Å². The molecule has 0 saturated heterocycles. The summed E-state index contributed by atoms with van der Waals surface area (Å²) in [7, 11) is -7.30. The molecule has 1 unspecified atom stereocenters. The highest BCUT2D eigenvalue weighted by atomic mass is 28.4. The largest absolute Gasteiger partial charge is 0.382 e. The molecule has 4 aromatic rings. The molecule has 0 saturated carbocycles. The minimum atomic E-state index is -4.64. The van der Waals surface area contributed by atoms with E-state index in [1.807, 2.05) is 74.5 Å². The molecule has 10 heteroatoms. The van der Waals surface area contributed by atoms with E-state index in [-0.39, 0.29) is 6.04 Å². The maximum Gasteiger partial charge on any atom is 0.356 e. The van der Waals surface area contributed by atoms with Crippen molar-refractivity contribution in [2.24, 2.45) is 0 Å². The van der Waals surface area contributed by atoms with Crippen LogP contribution in [0.4, 0.5) is 8.78 Å². The molecule has 4 rings (SSSR count). The average Bonchev–Trinajstić information content (AvgIpc) is 3.12. The molecular weight excluding hydrogens is 635 g/mol. The molecule has 4 aromatic carbocycles. The molecule has 0 aliphatic heterocycles. The molecule has 0 heterocycles. The van der Waals surface area contributed by atoms with Crippen LogP contribution in [0.2, 0.25) is 12.1 Å². The van der Waals surface area contributed by atoms with Gasteiger partial charge in [-0.2, -0.15) is 8.78 Å². The Morgan fingerprint density at radius 1 is 0.660 bits per heavy atom. The Balaban J connectivity index is 1.89. The van der Waals surface area contributed by atoms with Crippen LogP contribution in [0.3, 0.4) is 0 Å². The van der Waals surface area contributed by atoms with Crippen LogP contribution >= 0.6 is 0 Å². The summed E-state index contributed by atoms with van der Waals surface area (Å²) in [6.45, 7) is 3.95. The fourth-order valence-electron chi connectivity index (χ4n) is 6.10. The van der Waals surface area contributed by atoms with Crippen LogP contribution in [0.5, 0.6) is 0 Å². The first-order valence-corrected chi connectivity index (χ1v) is 20.4. The zero-order valence-corrected chi connectivity index (χ0v) is 28.8. The summed E-state index contributed by atoms with van der Waals surface area (Å²) >= 11 is 0. The van der Waals surface area contributed by atoms with Crippen molar-refractivity contribution in [2.45, 2.75) is 75.7 Å². The van der Waals surface area contributed by atoms with Crippen molar-refractivity contribution in [3.63, 3.8) is 0 Å². The van der Waals surface area contributed by atoms with E-state index < -0.39 is 47.0 Å². The van der Waals surface area contributed by atoms with Gasteiger partial charge in [-0.25, -0.2) is 0 Å². The number of hydrogen-bond acceptors (Lipinski definition) is 6. The highest BCUT2D eigenvalue weighted by Crippen LogP contribution is 2.38. The Kier molecular flexibility index (Phi) is 12.5. The molecule has 250 valence electrons. The van der Waals surface area contributed by atoms with Gasteiger partial charge in [-0.1, -0.05) is 161 Å². The predicted octanol–water partition coefficient (Wildman–Crippen LogP) is 4.34. The van der Waals surface area contributed by atoms with Crippen LogP contribution in [0.1, 0.15) is 39.5 Å². The van der Waals surface area contributed by atoms with Gasteiger partial charge >= 0.3 is 5.92 Å². The van der Waals surface area contributed by atoms with Crippen molar-refractivity contribution in [2.75, 3.05) is 0 Å². The summed E-state index contributed by atoms with van der Waals surface area (Å²) in [5.74, 6) is -8.50. The number of hydrogen-bond donors (Lipinski definition) is 3. The lowest BCUT2D eigenvalue weighted by Crippen LogP contribution is -2.73. The quantitative estimate of drug-likeness (QED) is 0.0824. The first-order valence-electron chi connectivity index (χ1n) is 16.1. The molecule has 0 aromatic heterocycles. The second-order valence-corrected chi connectivity index (χ2v) is 18.9. The van der Waals surface area contributed by atoms with E-state index in [9.17, 15) is 20.1 Å². The van der Waals surface area contributed by atoms with Crippen molar-refractivity contribution in [3.8, 4) is 0 Å². The number of rotatable bonds is 18. The van der Waals surface area contributed by atoms with Gasteiger partial charge in [0.15, 0.2) is 18.7 Å². The standard InChI is InChI=1S/C37H44F2O6Si2/c1-3-5-27-46(30-19-11-7-12-20-30,31-21-13-8-14-22-31)44-35(42)34(41)37(43,36(38,39)29-40)45-47(28-6-4-2,32-23-15-9-16-24-32)33-25-17-10-18-26-33/h7-26,29,34-35,41-43H,3-6,27-28H2,1-2H3/t34-,35?,37+/m1/s1. The van der Waals surface area contributed by atoms with Gasteiger partial charge in [0.05, 0.1) is 0 Å². The molecule has 3 atom stereocenters. The van der Waals surface area contributed by atoms with Gasteiger partial charge in [0, 0.05) is 0 Å². The summed E-state index contributed by atoms with van der Waals surface area (Å²) in [6.07, 6.45) is -3.15. The minimum absolute atomic E-state index is 0.252. The Bertz CT molecular complexity index is 1440. The summed E-state index contributed by atoms with van der Waals surface area (Å²) < 4.78 is 44.6. The second-order valence-electron chi connectivity index (χ2n) is 11.8. The third kappa shape index (κ3) is 7.70. The molecule has 0 radical (unpaired) electrons. The number of aldehydes is 1. The van der Waals surface area contributed by atoms with Gasteiger partial charge in [0.1, 0.15) is 0 Å². The number of aliphatic hydroxyl groups is 3. The van der Waals surface area contributed by atoms with Crippen LogP contribution in [0.15, 0.2) is 121 Å².